The number of pyridine rings is 1. The van der Waals surface area contributed by atoms with Gasteiger partial charge < -0.3 is 10.6 Å². The molecule has 0 saturated heterocycles. The van der Waals surface area contributed by atoms with Gasteiger partial charge in [-0.3, -0.25) is 4.79 Å². The number of anilines is 2. The Morgan fingerprint density at radius 2 is 2.10 bits per heavy atom. The van der Waals surface area contributed by atoms with Crippen molar-refractivity contribution in [3.8, 4) is 0 Å². The Morgan fingerprint density at radius 3 is 2.80 bits per heavy atom. The van der Waals surface area contributed by atoms with Gasteiger partial charge in [0.25, 0.3) is 5.91 Å². The number of hydrogen-bond acceptors (Lipinski definition) is 5. The lowest BCUT2D eigenvalue weighted by molar-refractivity contribution is 0.0957. The maximum absolute atomic E-state index is 12.0. The highest BCUT2D eigenvalue weighted by Gasteiger charge is 2.14. The van der Waals surface area contributed by atoms with E-state index < -0.39 is 0 Å². The normalized spacial score (nSPS) is 10.3. The quantitative estimate of drug-likeness (QED) is 0.888. The van der Waals surface area contributed by atoms with E-state index in [2.05, 4.69) is 20.6 Å². The van der Waals surface area contributed by atoms with Gasteiger partial charge in [-0.2, -0.15) is 0 Å². The second-order valence-corrected chi connectivity index (χ2v) is 5.48. The predicted molar refractivity (Wildman–Crippen MR) is 81.7 cm³/mol. The van der Waals surface area contributed by atoms with Crippen molar-refractivity contribution < 1.29 is 4.79 Å². The number of thiazole rings is 1. The first kappa shape index (κ1) is 14.5. The van der Waals surface area contributed by atoms with E-state index in [0.29, 0.717) is 16.6 Å². The molecule has 1 amide bonds. The number of aryl methyl sites for hydroxylation is 2. The molecule has 0 unspecified atom stereocenters. The van der Waals surface area contributed by atoms with E-state index in [1.54, 1.807) is 0 Å². The summed E-state index contributed by atoms with van der Waals surface area (Å²) in [4.78, 5) is 21.3. The summed E-state index contributed by atoms with van der Waals surface area (Å²) >= 11 is 1.34. The molecule has 0 aliphatic rings. The molecule has 0 bridgehead atoms. The zero-order chi connectivity index (χ0) is 14.5. The van der Waals surface area contributed by atoms with E-state index >= 15 is 0 Å². The minimum absolute atomic E-state index is 0.0629. The first-order valence-electron chi connectivity index (χ1n) is 6.56. The summed E-state index contributed by atoms with van der Waals surface area (Å²) in [5.74, 6) is 0.673. The van der Waals surface area contributed by atoms with Crippen LogP contribution in [0.3, 0.4) is 0 Å². The summed E-state index contributed by atoms with van der Waals surface area (Å²) < 4.78 is 0. The van der Waals surface area contributed by atoms with E-state index in [-0.39, 0.29) is 5.91 Å². The van der Waals surface area contributed by atoms with Gasteiger partial charge in [0.15, 0.2) is 5.13 Å². The van der Waals surface area contributed by atoms with Crippen LogP contribution in [0.25, 0.3) is 0 Å². The van der Waals surface area contributed by atoms with Crippen LogP contribution in [0.4, 0.5) is 10.9 Å². The molecule has 20 heavy (non-hydrogen) atoms. The van der Waals surface area contributed by atoms with E-state index in [0.717, 1.165) is 23.6 Å². The second kappa shape index (κ2) is 6.47. The third kappa shape index (κ3) is 3.54. The second-order valence-electron chi connectivity index (χ2n) is 4.48. The molecule has 0 aliphatic carbocycles. The SMILES string of the molecule is CCCNC(=O)c1sc(Nc2cccc(C)n2)nc1C. The van der Waals surface area contributed by atoms with E-state index in [9.17, 15) is 4.79 Å². The predicted octanol–water partition coefficient (Wildman–Crippen LogP) is 3.04. The fraction of sp³-hybridized carbons (Fsp3) is 0.357. The number of carbonyl (C=O) groups is 1. The van der Waals surface area contributed by atoms with Crippen LogP contribution >= 0.6 is 11.3 Å². The molecule has 0 aliphatic heterocycles. The fourth-order valence-corrected chi connectivity index (χ4v) is 2.59. The van der Waals surface area contributed by atoms with E-state index in [4.69, 9.17) is 0 Å². The monoisotopic (exact) mass is 290 g/mol. The Balaban J connectivity index is 2.13. The molecule has 106 valence electrons. The molecule has 0 atom stereocenters. The third-order valence-electron chi connectivity index (χ3n) is 2.66. The van der Waals surface area contributed by atoms with Gasteiger partial charge in [-0.15, -0.1) is 0 Å². The van der Waals surface area contributed by atoms with E-state index in [1.807, 2.05) is 39.0 Å². The van der Waals surface area contributed by atoms with Crippen molar-refractivity contribution >= 4 is 28.2 Å². The van der Waals surface area contributed by atoms with Crippen LogP contribution < -0.4 is 10.6 Å². The smallest absolute Gasteiger partial charge is 0.263 e. The van der Waals surface area contributed by atoms with Crippen molar-refractivity contribution in [2.45, 2.75) is 27.2 Å². The summed E-state index contributed by atoms with van der Waals surface area (Å²) in [6.07, 6.45) is 0.919. The first-order chi connectivity index (χ1) is 9.60. The highest BCUT2D eigenvalue weighted by atomic mass is 32.1. The van der Waals surface area contributed by atoms with Crippen LogP contribution in [0.15, 0.2) is 18.2 Å². The van der Waals surface area contributed by atoms with Crippen molar-refractivity contribution in [1.29, 1.82) is 0 Å². The molecule has 0 fully saturated rings. The molecule has 2 rings (SSSR count). The topological polar surface area (TPSA) is 66.9 Å². The van der Waals surface area contributed by atoms with E-state index in [1.165, 1.54) is 11.3 Å². The first-order valence-corrected chi connectivity index (χ1v) is 7.38. The fourth-order valence-electron chi connectivity index (χ4n) is 1.70. The van der Waals surface area contributed by atoms with Gasteiger partial charge in [0.2, 0.25) is 0 Å². The molecule has 0 saturated carbocycles. The number of nitrogens with one attached hydrogen (secondary N) is 2. The maximum Gasteiger partial charge on any atom is 0.263 e. The van der Waals surface area contributed by atoms with Gasteiger partial charge in [0, 0.05) is 12.2 Å². The Kier molecular flexibility index (Phi) is 4.68. The molecule has 2 heterocycles. The van der Waals surface area contributed by atoms with Crippen molar-refractivity contribution in [2.24, 2.45) is 0 Å². The summed E-state index contributed by atoms with van der Waals surface area (Å²) in [6.45, 7) is 6.47. The largest absolute Gasteiger partial charge is 0.351 e. The summed E-state index contributed by atoms with van der Waals surface area (Å²) in [6, 6.07) is 5.74. The Hall–Kier alpha value is -1.95. The Morgan fingerprint density at radius 1 is 1.30 bits per heavy atom. The summed E-state index contributed by atoms with van der Waals surface area (Å²) in [5.41, 5.74) is 1.67. The molecule has 0 radical (unpaired) electrons. The van der Waals surface area contributed by atoms with Gasteiger partial charge >= 0.3 is 0 Å². The molecular weight excluding hydrogens is 272 g/mol. The maximum atomic E-state index is 12.0. The van der Waals surface area contributed by atoms with Crippen LogP contribution in [-0.4, -0.2) is 22.4 Å². The lowest BCUT2D eigenvalue weighted by Crippen LogP contribution is -2.23. The molecule has 0 aromatic carbocycles. The molecule has 5 nitrogen and oxygen atoms in total. The standard InChI is InChI=1S/C14H18N4OS/c1-4-8-15-13(19)12-10(3)17-14(20-12)18-11-7-5-6-9(2)16-11/h5-7H,4,8H2,1-3H3,(H,15,19)(H,16,17,18). The van der Waals surface area contributed by atoms with Gasteiger partial charge in [-0.05, 0) is 32.4 Å². The molecule has 6 heteroatoms. The average molecular weight is 290 g/mol. The Labute approximate surface area is 122 Å². The zero-order valence-electron chi connectivity index (χ0n) is 11.9. The van der Waals surface area contributed by atoms with Gasteiger partial charge in [-0.1, -0.05) is 24.3 Å². The van der Waals surface area contributed by atoms with Crippen LogP contribution in [-0.2, 0) is 0 Å². The summed E-state index contributed by atoms with van der Waals surface area (Å²) in [5, 5.41) is 6.68. The number of amides is 1. The zero-order valence-corrected chi connectivity index (χ0v) is 12.7. The highest BCUT2D eigenvalue weighted by molar-refractivity contribution is 7.17. The van der Waals surface area contributed by atoms with Crippen LogP contribution in [0.5, 0.6) is 0 Å². The van der Waals surface area contributed by atoms with Crippen LogP contribution in [0, 0.1) is 13.8 Å². The number of aromatic nitrogens is 2. The van der Waals surface area contributed by atoms with Crippen molar-refractivity contribution in [3.63, 3.8) is 0 Å². The molecule has 2 aromatic rings. The lowest BCUT2D eigenvalue weighted by Gasteiger charge is -2.01. The third-order valence-corrected chi connectivity index (χ3v) is 3.73. The minimum Gasteiger partial charge on any atom is -0.351 e. The Bertz CT molecular complexity index is 609. The molecule has 0 spiro atoms. The van der Waals surface area contributed by atoms with Crippen LogP contribution in [0.2, 0.25) is 0 Å². The summed E-state index contributed by atoms with van der Waals surface area (Å²) in [7, 11) is 0. The van der Waals surface area contributed by atoms with Crippen molar-refractivity contribution in [2.75, 3.05) is 11.9 Å². The van der Waals surface area contributed by atoms with Gasteiger partial charge in [-0.25, -0.2) is 9.97 Å². The van der Waals surface area contributed by atoms with Crippen LogP contribution in [0.1, 0.15) is 34.4 Å². The highest BCUT2D eigenvalue weighted by Crippen LogP contribution is 2.25. The number of rotatable bonds is 5. The minimum atomic E-state index is -0.0629. The van der Waals surface area contributed by atoms with Gasteiger partial charge in [0.05, 0.1) is 5.69 Å². The van der Waals surface area contributed by atoms with Crippen molar-refractivity contribution in [3.05, 3.63) is 34.5 Å². The lowest BCUT2D eigenvalue weighted by atomic mass is 10.3. The molecular formula is C14H18N4OS. The van der Waals surface area contributed by atoms with Crippen molar-refractivity contribution in [1.82, 2.24) is 15.3 Å². The number of nitrogens with zero attached hydrogens (tertiary/aromatic N) is 2. The average Bonchev–Trinajstić information content (AvgIpc) is 2.77. The number of hydrogen-bond donors (Lipinski definition) is 2. The number of carbonyl (C=O) groups excluding carboxylic acids is 1. The van der Waals surface area contributed by atoms with Gasteiger partial charge in [0.1, 0.15) is 10.7 Å². The molecule has 2 aromatic heterocycles. The molecule has 2 N–H and O–H groups in total.